The van der Waals surface area contributed by atoms with Gasteiger partial charge in [-0.2, -0.15) is 0 Å². The first-order valence-corrected chi connectivity index (χ1v) is 6.86. The molecule has 0 saturated carbocycles. The maximum Gasteiger partial charge on any atom is 0.138 e. The lowest BCUT2D eigenvalue weighted by Gasteiger charge is -2.08. The Morgan fingerprint density at radius 2 is 2.14 bits per heavy atom. The minimum absolute atomic E-state index is 0.288. The van der Waals surface area contributed by atoms with Crippen molar-refractivity contribution >= 4 is 11.0 Å². The summed E-state index contributed by atoms with van der Waals surface area (Å²) < 4.78 is 20.6. The van der Waals surface area contributed by atoms with Crippen LogP contribution < -0.4 is 5.73 Å². The largest absolute Gasteiger partial charge is 0.361 e. The third-order valence-electron chi connectivity index (χ3n) is 3.65. The van der Waals surface area contributed by atoms with Gasteiger partial charge in [0.2, 0.25) is 0 Å². The summed E-state index contributed by atoms with van der Waals surface area (Å²) in [4.78, 5) is 4.50. The van der Waals surface area contributed by atoms with Gasteiger partial charge in [0.15, 0.2) is 0 Å². The van der Waals surface area contributed by atoms with E-state index in [1.807, 2.05) is 18.4 Å². The van der Waals surface area contributed by atoms with E-state index in [0.717, 1.165) is 28.4 Å². The van der Waals surface area contributed by atoms with Crippen LogP contribution in [-0.4, -0.2) is 21.3 Å². The number of nitrogens with two attached hydrogens (primary N) is 1. The monoisotopic (exact) mass is 288 g/mol. The summed E-state index contributed by atoms with van der Waals surface area (Å²) in [6.45, 7) is 4.88. The fourth-order valence-corrected chi connectivity index (χ4v) is 2.53. The number of nitrogens with zero attached hydrogens (tertiary/aromatic N) is 3. The molecule has 0 amide bonds. The van der Waals surface area contributed by atoms with Gasteiger partial charge >= 0.3 is 0 Å². The van der Waals surface area contributed by atoms with Gasteiger partial charge in [0.25, 0.3) is 0 Å². The normalized spacial score (nSPS) is 11.4. The number of benzene rings is 1. The lowest BCUT2D eigenvalue weighted by atomic mass is 10.2. The molecule has 0 aliphatic heterocycles. The molecule has 0 aliphatic rings. The van der Waals surface area contributed by atoms with Crippen molar-refractivity contribution in [1.82, 2.24) is 14.7 Å². The highest BCUT2D eigenvalue weighted by molar-refractivity contribution is 5.76. The van der Waals surface area contributed by atoms with E-state index in [0.29, 0.717) is 25.0 Å². The molecular formula is C15H17FN4O. The summed E-state index contributed by atoms with van der Waals surface area (Å²) >= 11 is 0. The van der Waals surface area contributed by atoms with Crippen molar-refractivity contribution in [2.24, 2.45) is 5.73 Å². The molecule has 2 heterocycles. The number of hydrogen-bond donors (Lipinski definition) is 1. The molecule has 0 aliphatic carbocycles. The second-order valence-electron chi connectivity index (χ2n) is 5.09. The molecule has 0 fully saturated rings. The van der Waals surface area contributed by atoms with Gasteiger partial charge in [-0.1, -0.05) is 5.16 Å². The zero-order valence-electron chi connectivity index (χ0n) is 12.1. The molecular weight excluding hydrogens is 271 g/mol. The molecule has 3 aromatic rings. The van der Waals surface area contributed by atoms with E-state index in [4.69, 9.17) is 10.3 Å². The Kier molecular flexibility index (Phi) is 3.47. The molecule has 0 radical (unpaired) electrons. The second-order valence-corrected chi connectivity index (χ2v) is 5.09. The van der Waals surface area contributed by atoms with Crippen molar-refractivity contribution in [3.05, 3.63) is 46.9 Å². The van der Waals surface area contributed by atoms with Gasteiger partial charge in [0.1, 0.15) is 17.4 Å². The van der Waals surface area contributed by atoms with E-state index in [1.165, 1.54) is 12.1 Å². The predicted octanol–water partition coefficient (Wildman–Crippen LogP) is 2.33. The van der Waals surface area contributed by atoms with Crippen LogP contribution in [0.1, 0.15) is 22.8 Å². The van der Waals surface area contributed by atoms with Gasteiger partial charge < -0.3 is 14.8 Å². The smallest absolute Gasteiger partial charge is 0.138 e. The van der Waals surface area contributed by atoms with Crippen LogP contribution in [0.3, 0.4) is 0 Å². The Morgan fingerprint density at radius 1 is 1.33 bits per heavy atom. The molecule has 0 unspecified atom stereocenters. The van der Waals surface area contributed by atoms with Gasteiger partial charge in [0, 0.05) is 18.1 Å². The maximum absolute atomic E-state index is 13.4. The number of rotatable bonds is 4. The van der Waals surface area contributed by atoms with Crippen LogP contribution in [-0.2, 0) is 13.0 Å². The third-order valence-corrected chi connectivity index (χ3v) is 3.65. The zero-order chi connectivity index (χ0) is 15.0. The van der Waals surface area contributed by atoms with Crippen molar-refractivity contribution < 1.29 is 8.91 Å². The van der Waals surface area contributed by atoms with Gasteiger partial charge in [-0.15, -0.1) is 0 Å². The molecule has 3 rings (SSSR count). The molecule has 0 bridgehead atoms. The fourth-order valence-electron chi connectivity index (χ4n) is 2.53. The first-order valence-electron chi connectivity index (χ1n) is 6.86. The topological polar surface area (TPSA) is 69.9 Å². The number of halogens is 1. The van der Waals surface area contributed by atoms with Crippen LogP contribution in [0, 0.1) is 19.7 Å². The molecule has 21 heavy (non-hydrogen) atoms. The van der Waals surface area contributed by atoms with Gasteiger partial charge in [0.05, 0.1) is 23.3 Å². The van der Waals surface area contributed by atoms with Crippen LogP contribution in [0.4, 0.5) is 4.39 Å². The Morgan fingerprint density at radius 3 is 2.81 bits per heavy atom. The van der Waals surface area contributed by atoms with Crippen LogP contribution in [0.2, 0.25) is 0 Å². The molecule has 5 nitrogen and oxygen atoms in total. The van der Waals surface area contributed by atoms with Gasteiger partial charge in [-0.05, 0) is 32.5 Å². The number of aromatic nitrogens is 3. The summed E-state index contributed by atoms with van der Waals surface area (Å²) in [6.07, 6.45) is 0.639. The van der Waals surface area contributed by atoms with E-state index in [2.05, 4.69) is 10.1 Å². The lowest BCUT2D eigenvalue weighted by Crippen LogP contribution is -2.11. The molecule has 2 N–H and O–H groups in total. The number of aryl methyl sites for hydroxylation is 2. The third kappa shape index (κ3) is 2.42. The number of hydrogen-bond acceptors (Lipinski definition) is 4. The molecule has 0 atom stereocenters. The molecule has 1 aromatic carbocycles. The minimum atomic E-state index is -0.288. The van der Waals surface area contributed by atoms with E-state index in [-0.39, 0.29) is 5.82 Å². The fraction of sp³-hybridized carbons (Fsp3) is 0.333. The van der Waals surface area contributed by atoms with Crippen molar-refractivity contribution in [2.45, 2.75) is 26.8 Å². The predicted molar refractivity (Wildman–Crippen MR) is 77.5 cm³/mol. The quantitative estimate of drug-likeness (QED) is 0.800. The average Bonchev–Trinajstić information content (AvgIpc) is 2.94. The highest BCUT2D eigenvalue weighted by Crippen LogP contribution is 2.22. The molecule has 0 spiro atoms. The van der Waals surface area contributed by atoms with Crippen molar-refractivity contribution in [3.8, 4) is 0 Å². The van der Waals surface area contributed by atoms with Crippen molar-refractivity contribution in [1.29, 1.82) is 0 Å². The van der Waals surface area contributed by atoms with Crippen molar-refractivity contribution in [2.75, 3.05) is 6.54 Å². The average molecular weight is 288 g/mol. The first-order chi connectivity index (χ1) is 10.1. The summed E-state index contributed by atoms with van der Waals surface area (Å²) in [6, 6.07) is 4.63. The Labute approximate surface area is 121 Å². The molecule has 6 heteroatoms. The van der Waals surface area contributed by atoms with Gasteiger partial charge in [-0.25, -0.2) is 9.37 Å². The standard InChI is InChI=1S/C15H17FN4O/c1-9-12(10(2)21-19-9)8-20-14-4-3-11(16)7-13(14)18-15(20)5-6-17/h3-4,7H,5-6,8,17H2,1-2H3. The van der Waals surface area contributed by atoms with E-state index in [1.54, 1.807) is 6.07 Å². The summed E-state index contributed by atoms with van der Waals surface area (Å²) in [7, 11) is 0. The van der Waals surface area contributed by atoms with Crippen LogP contribution in [0.5, 0.6) is 0 Å². The molecule has 0 saturated heterocycles. The van der Waals surface area contributed by atoms with Gasteiger partial charge in [-0.3, -0.25) is 0 Å². The Hall–Kier alpha value is -2.21. The van der Waals surface area contributed by atoms with Crippen LogP contribution in [0.25, 0.3) is 11.0 Å². The SMILES string of the molecule is Cc1noc(C)c1Cn1c(CCN)nc2cc(F)ccc21. The first kappa shape index (κ1) is 13.8. The summed E-state index contributed by atoms with van der Waals surface area (Å²) in [5, 5.41) is 3.97. The molecule has 2 aromatic heterocycles. The molecule has 110 valence electrons. The van der Waals surface area contributed by atoms with E-state index in [9.17, 15) is 4.39 Å². The zero-order valence-corrected chi connectivity index (χ0v) is 12.1. The second kappa shape index (κ2) is 5.29. The maximum atomic E-state index is 13.4. The number of imidazole rings is 1. The number of fused-ring (bicyclic) bond motifs is 1. The van der Waals surface area contributed by atoms with Crippen LogP contribution >= 0.6 is 0 Å². The Balaban J connectivity index is 2.13. The van der Waals surface area contributed by atoms with Crippen molar-refractivity contribution in [3.63, 3.8) is 0 Å². The van der Waals surface area contributed by atoms with E-state index >= 15 is 0 Å². The summed E-state index contributed by atoms with van der Waals surface area (Å²) in [5.74, 6) is 1.34. The highest BCUT2D eigenvalue weighted by atomic mass is 19.1. The minimum Gasteiger partial charge on any atom is -0.361 e. The Bertz CT molecular complexity index is 771. The van der Waals surface area contributed by atoms with Crippen LogP contribution in [0.15, 0.2) is 22.7 Å². The highest BCUT2D eigenvalue weighted by Gasteiger charge is 2.15. The lowest BCUT2D eigenvalue weighted by molar-refractivity contribution is 0.392. The van der Waals surface area contributed by atoms with E-state index < -0.39 is 0 Å². The summed E-state index contributed by atoms with van der Waals surface area (Å²) in [5.41, 5.74) is 9.07.